The Balaban J connectivity index is 1.84. The summed E-state index contributed by atoms with van der Waals surface area (Å²) in [4.78, 5) is 14.6. The van der Waals surface area contributed by atoms with Gasteiger partial charge in [-0.3, -0.25) is 4.79 Å². The fraction of sp³-hybridized carbons (Fsp3) is 0.444. The Kier molecular flexibility index (Phi) is 4.66. The first kappa shape index (κ1) is 16.6. The van der Waals surface area contributed by atoms with Crippen LogP contribution in [-0.4, -0.2) is 39.7 Å². The zero-order valence-electron chi connectivity index (χ0n) is 14.1. The molecule has 1 unspecified atom stereocenters. The molecule has 0 saturated carbocycles. The second kappa shape index (κ2) is 6.73. The van der Waals surface area contributed by atoms with Crippen LogP contribution in [-0.2, 0) is 11.2 Å². The van der Waals surface area contributed by atoms with Crippen molar-refractivity contribution in [3.63, 3.8) is 0 Å². The highest BCUT2D eigenvalue weighted by atomic mass is 19.1. The van der Waals surface area contributed by atoms with Crippen molar-refractivity contribution in [3.8, 4) is 5.69 Å². The van der Waals surface area contributed by atoms with Gasteiger partial charge in [-0.2, -0.15) is 5.10 Å². The lowest BCUT2D eigenvalue weighted by Crippen LogP contribution is -2.40. The highest BCUT2D eigenvalue weighted by molar-refractivity contribution is 5.80. The van der Waals surface area contributed by atoms with Crippen LogP contribution in [0.2, 0.25) is 0 Å². The molecule has 1 amide bonds. The molecule has 1 fully saturated rings. The lowest BCUT2D eigenvalue weighted by molar-refractivity contribution is -0.131. The Morgan fingerprint density at radius 1 is 1.33 bits per heavy atom. The van der Waals surface area contributed by atoms with E-state index < -0.39 is 0 Å². The van der Waals surface area contributed by atoms with Crippen molar-refractivity contribution in [2.45, 2.75) is 39.2 Å². The summed E-state index contributed by atoms with van der Waals surface area (Å²) in [6.45, 7) is 5.14. The first-order valence-corrected chi connectivity index (χ1v) is 8.32. The number of rotatable bonds is 4. The van der Waals surface area contributed by atoms with Gasteiger partial charge >= 0.3 is 0 Å². The topological polar surface area (TPSA) is 64.2 Å². The Morgan fingerprint density at radius 3 is 2.71 bits per heavy atom. The van der Waals surface area contributed by atoms with Gasteiger partial charge in [-0.25, -0.2) is 9.07 Å². The molecule has 3 rings (SSSR count). The van der Waals surface area contributed by atoms with Crippen LogP contribution < -0.4 is 5.73 Å². The minimum absolute atomic E-state index is 0.104. The smallest absolute Gasteiger partial charge is 0.227 e. The van der Waals surface area contributed by atoms with E-state index in [1.807, 2.05) is 18.7 Å². The Hall–Kier alpha value is -2.21. The van der Waals surface area contributed by atoms with E-state index in [4.69, 9.17) is 5.73 Å². The fourth-order valence-electron chi connectivity index (χ4n) is 3.43. The largest absolute Gasteiger partial charge is 0.338 e. The minimum Gasteiger partial charge on any atom is -0.338 e. The molecule has 2 aromatic rings. The molecule has 2 heterocycles. The normalized spacial score (nSPS) is 17.5. The fourth-order valence-corrected chi connectivity index (χ4v) is 3.43. The summed E-state index contributed by atoms with van der Waals surface area (Å²) in [5.74, 6) is -0.176. The number of nitrogens with two attached hydrogens (primary N) is 1. The number of likely N-dealkylation sites (tertiary alicyclic amines) is 1. The third kappa shape index (κ3) is 3.06. The molecule has 1 aromatic heterocycles. The van der Waals surface area contributed by atoms with Crippen LogP contribution in [0, 0.1) is 19.7 Å². The molecular formula is C18H23FN4O. The minimum atomic E-state index is -0.280. The van der Waals surface area contributed by atoms with Crippen molar-refractivity contribution in [2.24, 2.45) is 5.73 Å². The van der Waals surface area contributed by atoms with E-state index in [9.17, 15) is 9.18 Å². The number of halogens is 1. The Bertz CT molecular complexity index is 738. The molecule has 6 heteroatoms. The van der Waals surface area contributed by atoms with Gasteiger partial charge in [0.15, 0.2) is 0 Å². The summed E-state index contributed by atoms with van der Waals surface area (Å²) < 4.78 is 14.9. The molecule has 0 aliphatic carbocycles. The summed E-state index contributed by atoms with van der Waals surface area (Å²) in [7, 11) is 0. The van der Waals surface area contributed by atoms with Crippen molar-refractivity contribution in [1.29, 1.82) is 0 Å². The summed E-state index contributed by atoms with van der Waals surface area (Å²) in [6, 6.07) is 6.35. The van der Waals surface area contributed by atoms with E-state index in [1.54, 1.807) is 16.8 Å². The standard InChI is InChI=1S/C18H23FN4O/c1-12-17(10-18(24)22-9-3-4-16(22)11-20)13(2)23(21-12)15-7-5-14(19)6-8-15/h5-8,16H,3-4,9-11,20H2,1-2H3. The van der Waals surface area contributed by atoms with Crippen molar-refractivity contribution >= 4 is 5.91 Å². The molecular weight excluding hydrogens is 307 g/mol. The van der Waals surface area contributed by atoms with E-state index in [0.29, 0.717) is 13.0 Å². The predicted octanol–water partition coefficient (Wildman–Crippen LogP) is 2.12. The number of aromatic nitrogens is 2. The summed E-state index contributed by atoms with van der Waals surface area (Å²) in [6.07, 6.45) is 2.32. The number of carbonyl (C=O) groups is 1. The molecule has 2 N–H and O–H groups in total. The van der Waals surface area contributed by atoms with Gasteiger partial charge in [-0.05, 0) is 51.0 Å². The molecule has 128 valence electrons. The monoisotopic (exact) mass is 330 g/mol. The number of carbonyl (C=O) groups excluding carboxylic acids is 1. The molecule has 24 heavy (non-hydrogen) atoms. The Morgan fingerprint density at radius 2 is 2.04 bits per heavy atom. The van der Waals surface area contributed by atoms with Crippen molar-refractivity contribution in [3.05, 3.63) is 47.0 Å². The lowest BCUT2D eigenvalue weighted by Gasteiger charge is -2.23. The number of hydrogen-bond donors (Lipinski definition) is 1. The van der Waals surface area contributed by atoms with E-state index in [1.165, 1.54) is 12.1 Å². The van der Waals surface area contributed by atoms with Gasteiger partial charge in [0.05, 0.1) is 17.8 Å². The molecule has 1 aliphatic rings. The molecule has 5 nitrogen and oxygen atoms in total. The van der Waals surface area contributed by atoms with Gasteiger partial charge in [0.2, 0.25) is 5.91 Å². The van der Waals surface area contributed by atoms with Crippen LogP contribution >= 0.6 is 0 Å². The molecule has 1 aromatic carbocycles. The van der Waals surface area contributed by atoms with Crippen LogP contribution in [0.1, 0.15) is 29.8 Å². The quantitative estimate of drug-likeness (QED) is 0.934. The van der Waals surface area contributed by atoms with E-state index in [-0.39, 0.29) is 17.8 Å². The van der Waals surface area contributed by atoms with Crippen LogP contribution in [0.5, 0.6) is 0 Å². The van der Waals surface area contributed by atoms with Gasteiger partial charge in [-0.15, -0.1) is 0 Å². The summed E-state index contributed by atoms with van der Waals surface area (Å²) >= 11 is 0. The molecule has 1 saturated heterocycles. The average Bonchev–Trinajstić information content (AvgIpc) is 3.15. The third-order valence-electron chi connectivity index (χ3n) is 4.81. The first-order chi connectivity index (χ1) is 11.5. The maximum absolute atomic E-state index is 13.1. The highest BCUT2D eigenvalue weighted by Gasteiger charge is 2.28. The second-order valence-electron chi connectivity index (χ2n) is 6.33. The zero-order chi connectivity index (χ0) is 17.3. The number of aryl methyl sites for hydroxylation is 1. The van der Waals surface area contributed by atoms with E-state index in [0.717, 1.165) is 42.0 Å². The summed E-state index contributed by atoms with van der Waals surface area (Å²) in [5, 5.41) is 4.53. The SMILES string of the molecule is Cc1nn(-c2ccc(F)cc2)c(C)c1CC(=O)N1CCCC1CN. The van der Waals surface area contributed by atoms with Gasteiger partial charge in [-0.1, -0.05) is 0 Å². The van der Waals surface area contributed by atoms with Crippen molar-refractivity contribution in [2.75, 3.05) is 13.1 Å². The molecule has 0 bridgehead atoms. The highest BCUT2D eigenvalue weighted by Crippen LogP contribution is 2.22. The predicted molar refractivity (Wildman–Crippen MR) is 90.5 cm³/mol. The number of nitrogens with zero attached hydrogens (tertiary/aromatic N) is 3. The van der Waals surface area contributed by atoms with E-state index in [2.05, 4.69) is 5.10 Å². The third-order valence-corrected chi connectivity index (χ3v) is 4.81. The van der Waals surface area contributed by atoms with Gasteiger partial charge in [0, 0.05) is 30.4 Å². The number of amides is 1. The lowest BCUT2D eigenvalue weighted by atomic mass is 10.1. The first-order valence-electron chi connectivity index (χ1n) is 8.32. The molecule has 0 spiro atoms. The second-order valence-corrected chi connectivity index (χ2v) is 6.33. The maximum atomic E-state index is 13.1. The van der Waals surface area contributed by atoms with Crippen LogP contribution in [0.4, 0.5) is 4.39 Å². The van der Waals surface area contributed by atoms with Crippen molar-refractivity contribution in [1.82, 2.24) is 14.7 Å². The molecule has 0 radical (unpaired) electrons. The molecule has 1 aliphatic heterocycles. The Labute approximate surface area is 141 Å². The van der Waals surface area contributed by atoms with Gasteiger partial charge in [0.25, 0.3) is 0 Å². The van der Waals surface area contributed by atoms with Crippen LogP contribution in [0.25, 0.3) is 5.69 Å². The van der Waals surface area contributed by atoms with Crippen LogP contribution in [0.15, 0.2) is 24.3 Å². The van der Waals surface area contributed by atoms with Gasteiger partial charge < -0.3 is 10.6 Å². The van der Waals surface area contributed by atoms with Gasteiger partial charge in [0.1, 0.15) is 5.82 Å². The summed E-state index contributed by atoms with van der Waals surface area (Å²) in [5.41, 5.74) is 9.23. The molecule has 1 atom stereocenters. The number of hydrogen-bond acceptors (Lipinski definition) is 3. The average molecular weight is 330 g/mol. The van der Waals surface area contributed by atoms with Crippen LogP contribution in [0.3, 0.4) is 0 Å². The number of benzene rings is 1. The van der Waals surface area contributed by atoms with E-state index >= 15 is 0 Å². The maximum Gasteiger partial charge on any atom is 0.227 e. The van der Waals surface area contributed by atoms with Crippen molar-refractivity contribution < 1.29 is 9.18 Å². The zero-order valence-corrected chi connectivity index (χ0v) is 14.1.